The molecule has 0 saturated heterocycles. The first-order valence-electron chi connectivity index (χ1n) is 4.99. The van der Waals surface area contributed by atoms with Crippen molar-refractivity contribution in [1.82, 2.24) is 4.90 Å². The van der Waals surface area contributed by atoms with Gasteiger partial charge in [0.05, 0.1) is 0 Å². The molecule has 0 atom stereocenters. The second kappa shape index (κ2) is 6.55. The van der Waals surface area contributed by atoms with Crippen LogP contribution in [0.1, 0.15) is 4.88 Å². The molecule has 0 bridgehead atoms. The van der Waals surface area contributed by atoms with Crippen LogP contribution in [0.15, 0.2) is 23.6 Å². The average molecular weight is 268 g/mol. The molecule has 0 radical (unpaired) electrons. The highest BCUT2D eigenvalue weighted by molar-refractivity contribution is 7.10. The minimum Gasteiger partial charge on any atom is -0.480 e. The Morgan fingerprint density at radius 3 is 2.61 bits per heavy atom. The Labute approximate surface area is 107 Å². The zero-order valence-electron chi connectivity index (χ0n) is 9.41. The van der Waals surface area contributed by atoms with Crippen LogP contribution in [0.4, 0.5) is 0 Å². The van der Waals surface area contributed by atoms with Crippen molar-refractivity contribution in [3.8, 4) is 0 Å². The quantitative estimate of drug-likeness (QED) is 0.717. The molecular formula is C11H12N2O4S. The summed E-state index contributed by atoms with van der Waals surface area (Å²) >= 11 is 1.44. The molecule has 0 unspecified atom stereocenters. The van der Waals surface area contributed by atoms with Gasteiger partial charge in [0.2, 0.25) is 11.8 Å². The minimum atomic E-state index is -1.20. The molecule has 1 rings (SSSR count). The van der Waals surface area contributed by atoms with Gasteiger partial charge >= 0.3 is 5.97 Å². The number of aliphatic carboxylic acids is 1. The summed E-state index contributed by atoms with van der Waals surface area (Å²) in [6.45, 7) is -0.976. The summed E-state index contributed by atoms with van der Waals surface area (Å²) in [4.78, 5) is 34.7. The molecule has 1 aromatic rings. The fourth-order valence-electron chi connectivity index (χ4n) is 1.21. The molecule has 0 aromatic carbocycles. The van der Waals surface area contributed by atoms with E-state index in [0.717, 1.165) is 9.78 Å². The number of amides is 2. The lowest BCUT2D eigenvalue weighted by Crippen LogP contribution is -2.40. The van der Waals surface area contributed by atoms with Crippen molar-refractivity contribution in [2.45, 2.75) is 0 Å². The lowest BCUT2D eigenvalue weighted by atomic mass is 10.3. The number of carboxylic acid groups (broad SMARTS) is 1. The molecule has 0 spiro atoms. The lowest BCUT2D eigenvalue weighted by molar-refractivity contribution is -0.143. The van der Waals surface area contributed by atoms with Gasteiger partial charge in [0.15, 0.2) is 0 Å². The average Bonchev–Trinajstić information content (AvgIpc) is 2.76. The van der Waals surface area contributed by atoms with Crippen LogP contribution in [0.3, 0.4) is 0 Å². The maximum atomic E-state index is 11.7. The Morgan fingerprint density at radius 1 is 1.39 bits per heavy atom. The van der Waals surface area contributed by atoms with Crippen molar-refractivity contribution in [2.75, 3.05) is 13.1 Å². The summed E-state index contributed by atoms with van der Waals surface area (Å²) in [5.74, 6) is -2.52. The number of rotatable bonds is 6. The van der Waals surface area contributed by atoms with E-state index in [9.17, 15) is 14.4 Å². The molecular weight excluding hydrogens is 256 g/mol. The van der Waals surface area contributed by atoms with Gasteiger partial charge in [-0.2, -0.15) is 0 Å². The number of carboxylic acids is 1. The van der Waals surface area contributed by atoms with E-state index in [1.165, 1.54) is 17.4 Å². The molecule has 2 amide bonds. The first kappa shape index (κ1) is 13.9. The molecule has 1 aromatic heterocycles. The van der Waals surface area contributed by atoms with Crippen LogP contribution in [-0.2, 0) is 14.4 Å². The normalized spacial score (nSPS) is 10.4. The van der Waals surface area contributed by atoms with E-state index in [1.54, 1.807) is 6.08 Å². The minimum absolute atomic E-state index is 0.417. The van der Waals surface area contributed by atoms with E-state index in [-0.39, 0.29) is 0 Å². The first-order valence-corrected chi connectivity index (χ1v) is 5.87. The SMILES string of the molecule is NC(=O)CN(CC(=O)O)C(=O)/C=C/c1cccs1. The number of thiophene rings is 1. The zero-order valence-corrected chi connectivity index (χ0v) is 10.2. The van der Waals surface area contributed by atoms with E-state index >= 15 is 0 Å². The Hall–Kier alpha value is -2.15. The molecule has 1 heterocycles. The summed E-state index contributed by atoms with van der Waals surface area (Å²) in [7, 11) is 0. The molecule has 18 heavy (non-hydrogen) atoms. The maximum absolute atomic E-state index is 11.7. The molecule has 3 N–H and O–H groups in total. The van der Waals surface area contributed by atoms with Crippen molar-refractivity contribution < 1.29 is 19.5 Å². The summed E-state index contributed by atoms with van der Waals surface area (Å²) in [6.07, 6.45) is 2.78. The van der Waals surface area contributed by atoms with Crippen LogP contribution in [-0.4, -0.2) is 40.9 Å². The van der Waals surface area contributed by atoms with Crippen molar-refractivity contribution in [1.29, 1.82) is 0 Å². The Kier molecular flexibility index (Phi) is 5.06. The molecule has 7 heteroatoms. The smallest absolute Gasteiger partial charge is 0.323 e. The number of primary amides is 1. The molecule has 6 nitrogen and oxygen atoms in total. The van der Waals surface area contributed by atoms with E-state index in [4.69, 9.17) is 10.8 Å². The molecule has 0 fully saturated rings. The van der Waals surface area contributed by atoms with Gasteiger partial charge in [-0.3, -0.25) is 14.4 Å². The summed E-state index contributed by atoms with van der Waals surface area (Å²) in [5, 5.41) is 10.5. The Bertz CT molecular complexity index is 451. The molecule has 96 valence electrons. The number of hydrogen-bond donors (Lipinski definition) is 2. The van der Waals surface area contributed by atoms with Gasteiger partial charge in [0, 0.05) is 11.0 Å². The Balaban J connectivity index is 2.69. The second-order valence-corrected chi connectivity index (χ2v) is 4.38. The van der Waals surface area contributed by atoms with Crippen LogP contribution in [0, 0.1) is 0 Å². The third kappa shape index (κ3) is 4.79. The zero-order chi connectivity index (χ0) is 13.5. The van der Waals surface area contributed by atoms with E-state index in [2.05, 4.69) is 0 Å². The van der Waals surface area contributed by atoms with E-state index in [0.29, 0.717) is 0 Å². The number of nitrogens with zero attached hydrogens (tertiary/aromatic N) is 1. The third-order valence-electron chi connectivity index (χ3n) is 1.92. The predicted molar refractivity (Wildman–Crippen MR) is 66.8 cm³/mol. The van der Waals surface area contributed by atoms with Crippen molar-refractivity contribution >= 4 is 35.2 Å². The second-order valence-electron chi connectivity index (χ2n) is 3.40. The monoisotopic (exact) mass is 268 g/mol. The van der Waals surface area contributed by atoms with E-state index < -0.39 is 30.9 Å². The predicted octanol–water partition coefficient (Wildman–Crippen LogP) is 0.160. The molecule has 0 aliphatic heterocycles. The van der Waals surface area contributed by atoms with Gasteiger partial charge in [-0.25, -0.2) is 0 Å². The fraction of sp³-hybridized carbons (Fsp3) is 0.182. The summed E-state index contributed by atoms with van der Waals surface area (Å²) in [5.41, 5.74) is 4.95. The van der Waals surface area contributed by atoms with Crippen LogP contribution < -0.4 is 5.73 Å². The van der Waals surface area contributed by atoms with Gasteiger partial charge in [0.25, 0.3) is 0 Å². The number of carbonyl (C=O) groups excluding carboxylic acids is 2. The van der Waals surface area contributed by atoms with Crippen molar-refractivity contribution in [2.24, 2.45) is 5.73 Å². The van der Waals surface area contributed by atoms with Crippen LogP contribution in [0.2, 0.25) is 0 Å². The van der Waals surface area contributed by atoms with Gasteiger partial charge in [-0.05, 0) is 17.5 Å². The van der Waals surface area contributed by atoms with Crippen LogP contribution in [0.5, 0.6) is 0 Å². The van der Waals surface area contributed by atoms with Gasteiger partial charge in [-0.15, -0.1) is 11.3 Å². The largest absolute Gasteiger partial charge is 0.480 e. The standard InChI is InChI=1S/C11H12N2O4S/c12-9(14)6-13(7-11(16)17)10(15)4-3-8-2-1-5-18-8/h1-5H,6-7H2,(H2,12,14)(H,16,17)/b4-3+. The van der Waals surface area contributed by atoms with Gasteiger partial charge < -0.3 is 15.7 Å². The molecule has 0 saturated carbocycles. The topological polar surface area (TPSA) is 101 Å². The maximum Gasteiger partial charge on any atom is 0.323 e. The number of nitrogens with two attached hydrogens (primary N) is 1. The highest BCUT2D eigenvalue weighted by Gasteiger charge is 2.16. The fourth-order valence-corrected chi connectivity index (χ4v) is 1.83. The van der Waals surface area contributed by atoms with E-state index in [1.807, 2.05) is 17.5 Å². The summed E-state index contributed by atoms with van der Waals surface area (Å²) in [6, 6.07) is 3.64. The van der Waals surface area contributed by atoms with Gasteiger partial charge in [0.1, 0.15) is 13.1 Å². The van der Waals surface area contributed by atoms with Crippen LogP contribution in [0.25, 0.3) is 6.08 Å². The number of carbonyl (C=O) groups is 3. The number of hydrogen-bond acceptors (Lipinski definition) is 4. The first-order chi connectivity index (χ1) is 8.49. The molecule has 0 aliphatic carbocycles. The lowest BCUT2D eigenvalue weighted by Gasteiger charge is -2.16. The third-order valence-corrected chi connectivity index (χ3v) is 2.76. The van der Waals surface area contributed by atoms with Crippen LogP contribution >= 0.6 is 11.3 Å². The Morgan fingerprint density at radius 2 is 2.11 bits per heavy atom. The highest BCUT2D eigenvalue weighted by Crippen LogP contribution is 2.10. The summed E-state index contributed by atoms with van der Waals surface area (Å²) < 4.78 is 0. The molecule has 0 aliphatic rings. The van der Waals surface area contributed by atoms with Crippen molar-refractivity contribution in [3.63, 3.8) is 0 Å². The van der Waals surface area contributed by atoms with Crippen molar-refractivity contribution in [3.05, 3.63) is 28.5 Å². The van der Waals surface area contributed by atoms with Gasteiger partial charge in [-0.1, -0.05) is 6.07 Å². The highest BCUT2D eigenvalue weighted by atomic mass is 32.1.